The van der Waals surface area contributed by atoms with Crippen LogP contribution in [0.4, 0.5) is 19.1 Å². The number of halogens is 3. The van der Waals surface area contributed by atoms with Gasteiger partial charge in [0.25, 0.3) is 0 Å². The fourth-order valence-electron chi connectivity index (χ4n) is 2.78. The zero-order valence-corrected chi connectivity index (χ0v) is 15.4. The molecule has 2 aromatic heterocycles. The minimum absolute atomic E-state index is 0.153. The lowest BCUT2D eigenvalue weighted by molar-refractivity contribution is -0.274. The lowest BCUT2D eigenvalue weighted by atomic mass is 10.1. The topological polar surface area (TPSA) is 88.6 Å². The van der Waals surface area contributed by atoms with Crippen molar-refractivity contribution < 1.29 is 17.9 Å². The fourth-order valence-corrected chi connectivity index (χ4v) is 2.78. The van der Waals surface area contributed by atoms with Gasteiger partial charge in [-0.1, -0.05) is 42.5 Å². The van der Waals surface area contributed by atoms with Crippen molar-refractivity contribution >= 4 is 5.95 Å². The number of aromatic nitrogens is 5. The van der Waals surface area contributed by atoms with E-state index < -0.39 is 6.36 Å². The Labute approximate surface area is 169 Å². The third-order valence-corrected chi connectivity index (χ3v) is 4.08. The first-order valence-corrected chi connectivity index (χ1v) is 8.86. The lowest BCUT2D eigenvalue weighted by Gasteiger charge is -2.12. The van der Waals surface area contributed by atoms with E-state index in [2.05, 4.69) is 35.4 Å². The van der Waals surface area contributed by atoms with Crippen LogP contribution in [0.25, 0.3) is 22.5 Å². The SMILES string of the molecule is FC(F)(F)Oc1ccccc1-c1cnnc(NCc2cc(-c3ccccc3)n[nH]2)n1. The summed E-state index contributed by atoms with van der Waals surface area (Å²) >= 11 is 0. The quantitative estimate of drug-likeness (QED) is 0.487. The largest absolute Gasteiger partial charge is 0.573 e. The van der Waals surface area contributed by atoms with Crippen molar-refractivity contribution in [2.45, 2.75) is 12.9 Å². The van der Waals surface area contributed by atoms with Crippen LogP contribution in [-0.2, 0) is 6.54 Å². The van der Waals surface area contributed by atoms with E-state index in [-0.39, 0.29) is 23.0 Å². The van der Waals surface area contributed by atoms with E-state index >= 15 is 0 Å². The standard InChI is InChI=1S/C20H15F3N6O/c21-20(22,23)30-18-9-5-4-8-15(18)17-12-25-29-19(26-17)24-11-14-10-16(28-27-14)13-6-2-1-3-7-13/h1-10,12H,11H2,(H,27,28)(H,24,26,29). The first kappa shape index (κ1) is 19.4. The smallest absolute Gasteiger partial charge is 0.405 e. The van der Waals surface area contributed by atoms with Gasteiger partial charge in [-0.3, -0.25) is 5.10 Å². The van der Waals surface area contributed by atoms with Crippen molar-refractivity contribution in [2.24, 2.45) is 0 Å². The number of para-hydroxylation sites is 1. The number of nitrogens with zero attached hydrogens (tertiary/aromatic N) is 4. The molecule has 0 aliphatic carbocycles. The number of aromatic amines is 1. The van der Waals surface area contributed by atoms with Crippen LogP contribution in [-0.4, -0.2) is 31.7 Å². The third kappa shape index (κ3) is 4.72. The number of nitrogens with one attached hydrogen (secondary N) is 2. The van der Waals surface area contributed by atoms with Crippen molar-refractivity contribution in [2.75, 3.05) is 5.32 Å². The van der Waals surface area contributed by atoms with E-state index in [9.17, 15) is 13.2 Å². The minimum Gasteiger partial charge on any atom is -0.405 e. The number of hydrogen-bond acceptors (Lipinski definition) is 6. The first-order chi connectivity index (χ1) is 14.5. The van der Waals surface area contributed by atoms with Crippen LogP contribution in [0, 0.1) is 0 Å². The molecule has 0 unspecified atom stereocenters. The summed E-state index contributed by atoms with van der Waals surface area (Å²) in [6.45, 7) is 0.325. The fraction of sp³-hybridized carbons (Fsp3) is 0.100. The minimum atomic E-state index is -4.81. The summed E-state index contributed by atoms with van der Waals surface area (Å²) < 4.78 is 42.1. The molecule has 0 aliphatic heterocycles. The molecule has 10 heteroatoms. The van der Waals surface area contributed by atoms with Gasteiger partial charge in [-0.25, -0.2) is 4.98 Å². The Morgan fingerprint density at radius 1 is 0.967 bits per heavy atom. The molecule has 0 amide bonds. The molecule has 4 rings (SSSR count). The Kier molecular flexibility index (Phi) is 5.29. The number of ether oxygens (including phenoxy) is 1. The molecule has 2 aromatic carbocycles. The van der Waals surface area contributed by atoms with Gasteiger partial charge in [0.05, 0.1) is 29.8 Å². The van der Waals surface area contributed by atoms with Gasteiger partial charge in [0.1, 0.15) is 5.75 Å². The van der Waals surface area contributed by atoms with Gasteiger partial charge in [-0.15, -0.1) is 18.3 Å². The second-order valence-electron chi connectivity index (χ2n) is 6.21. The predicted molar refractivity (Wildman–Crippen MR) is 103 cm³/mol. The Morgan fingerprint density at radius 3 is 2.53 bits per heavy atom. The van der Waals surface area contributed by atoms with E-state index in [0.29, 0.717) is 6.54 Å². The summed E-state index contributed by atoms with van der Waals surface area (Å²) in [6.07, 6.45) is -3.54. The molecule has 0 aliphatic rings. The summed E-state index contributed by atoms with van der Waals surface area (Å²) in [4.78, 5) is 4.25. The number of hydrogen-bond donors (Lipinski definition) is 2. The van der Waals surface area contributed by atoms with Crippen LogP contribution in [0.5, 0.6) is 5.75 Å². The maximum absolute atomic E-state index is 12.7. The molecule has 0 saturated carbocycles. The van der Waals surface area contributed by atoms with Gasteiger partial charge in [-0.2, -0.15) is 10.2 Å². The highest BCUT2D eigenvalue weighted by Crippen LogP contribution is 2.32. The van der Waals surface area contributed by atoms with Gasteiger partial charge in [-0.05, 0) is 18.2 Å². The van der Waals surface area contributed by atoms with E-state index in [1.165, 1.54) is 24.4 Å². The summed E-state index contributed by atoms with van der Waals surface area (Å²) in [6, 6.07) is 17.3. The second kappa shape index (κ2) is 8.19. The highest BCUT2D eigenvalue weighted by Gasteiger charge is 2.32. The van der Waals surface area contributed by atoms with Crippen LogP contribution in [0.15, 0.2) is 66.9 Å². The molecule has 7 nitrogen and oxygen atoms in total. The molecular formula is C20H15F3N6O. The number of H-pyrrole nitrogens is 1. The first-order valence-electron chi connectivity index (χ1n) is 8.86. The number of alkyl halides is 3. The normalized spacial score (nSPS) is 11.3. The molecule has 0 spiro atoms. The zero-order valence-electron chi connectivity index (χ0n) is 15.4. The highest BCUT2D eigenvalue weighted by atomic mass is 19.4. The van der Waals surface area contributed by atoms with Crippen LogP contribution < -0.4 is 10.1 Å². The van der Waals surface area contributed by atoms with E-state index in [0.717, 1.165) is 17.0 Å². The van der Waals surface area contributed by atoms with Crippen LogP contribution in [0.3, 0.4) is 0 Å². The summed E-state index contributed by atoms with van der Waals surface area (Å²) in [5.74, 6) is -0.206. The highest BCUT2D eigenvalue weighted by molar-refractivity contribution is 5.67. The third-order valence-electron chi connectivity index (χ3n) is 4.08. The van der Waals surface area contributed by atoms with Crippen molar-refractivity contribution in [3.05, 3.63) is 72.6 Å². The second-order valence-corrected chi connectivity index (χ2v) is 6.21. The number of anilines is 1. The van der Waals surface area contributed by atoms with Gasteiger partial charge in [0, 0.05) is 11.1 Å². The predicted octanol–water partition coefficient (Wildman–Crippen LogP) is 4.44. The molecule has 152 valence electrons. The number of rotatable bonds is 6. The molecule has 0 atom stereocenters. The van der Waals surface area contributed by atoms with Crippen molar-refractivity contribution in [3.63, 3.8) is 0 Å². The molecule has 4 aromatic rings. The summed E-state index contributed by atoms with van der Waals surface area (Å²) in [5.41, 5.74) is 2.89. The molecule has 0 bridgehead atoms. The number of benzene rings is 2. The summed E-state index contributed by atoms with van der Waals surface area (Å²) in [5, 5.41) is 17.9. The maximum Gasteiger partial charge on any atom is 0.573 e. The molecule has 0 saturated heterocycles. The van der Waals surface area contributed by atoms with Gasteiger partial charge in [0.15, 0.2) is 0 Å². The zero-order chi connectivity index (χ0) is 21.0. The molecule has 0 fully saturated rings. The Morgan fingerprint density at radius 2 is 1.73 bits per heavy atom. The van der Waals surface area contributed by atoms with Gasteiger partial charge in [0.2, 0.25) is 5.95 Å². The van der Waals surface area contributed by atoms with E-state index in [1.54, 1.807) is 6.07 Å². The monoisotopic (exact) mass is 412 g/mol. The van der Waals surface area contributed by atoms with Crippen molar-refractivity contribution in [3.8, 4) is 28.3 Å². The average molecular weight is 412 g/mol. The average Bonchev–Trinajstić information content (AvgIpc) is 3.22. The van der Waals surface area contributed by atoms with Gasteiger partial charge < -0.3 is 10.1 Å². The Bertz CT molecular complexity index is 1130. The van der Waals surface area contributed by atoms with Crippen LogP contribution >= 0.6 is 0 Å². The molecule has 2 heterocycles. The molecule has 0 radical (unpaired) electrons. The molecule has 2 N–H and O–H groups in total. The van der Waals surface area contributed by atoms with E-state index in [1.807, 2.05) is 36.4 Å². The summed E-state index contributed by atoms with van der Waals surface area (Å²) in [7, 11) is 0. The maximum atomic E-state index is 12.7. The van der Waals surface area contributed by atoms with Crippen LogP contribution in [0.2, 0.25) is 0 Å². The lowest BCUT2D eigenvalue weighted by Crippen LogP contribution is -2.17. The van der Waals surface area contributed by atoms with Gasteiger partial charge >= 0.3 is 6.36 Å². The molecule has 30 heavy (non-hydrogen) atoms. The Balaban J connectivity index is 1.50. The van der Waals surface area contributed by atoms with Crippen LogP contribution in [0.1, 0.15) is 5.69 Å². The van der Waals surface area contributed by atoms with Crippen molar-refractivity contribution in [1.29, 1.82) is 0 Å². The van der Waals surface area contributed by atoms with E-state index in [4.69, 9.17) is 0 Å². The Hall–Kier alpha value is -3.95. The molecular weight excluding hydrogens is 397 g/mol. The van der Waals surface area contributed by atoms with Crippen molar-refractivity contribution in [1.82, 2.24) is 25.4 Å².